The lowest BCUT2D eigenvalue weighted by Gasteiger charge is -2.23. The number of nitrogens with one attached hydrogen (secondary N) is 1. The molecule has 7 nitrogen and oxygen atoms in total. The largest absolute Gasteiger partial charge is 0.479 e. The van der Waals surface area contributed by atoms with Gasteiger partial charge in [-0.2, -0.15) is 0 Å². The van der Waals surface area contributed by atoms with E-state index < -0.39 is 17.4 Å². The van der Waals surface area contributed by atoms with Gasteiger partial charge in [0.1, 0.15) is 5.52 Å². The first-order chi connectivity index (χ1) is 10.1. The van der Waals surface area contributed by atoms with Gasteiger partial charge in [0.05, 0.1) is 17.7 Å². The molecule has 2 aromatic rings. The zero-order chi connectivity index (χ0) is 14.9. The second-order valence-corrected chi connectivity index (χ2v) is 4.87. The van der Waals surface area contributed by atoms with Crippen molar-refractivity contribution in [2.45, 2.75) is 12.0 Å². The maximum Gasteiger partial charge on any atom is 0.331 e. The average molecular weight is 287 g/mol. The monoisotopic (exact) mass is 287 g/mol. The van der Waals surface area contributed by atoms with Crippen molar-refractivity contribution < 1.29 is 19.4 Å². The quantitative estimate of drug-likeness (QED) is 0.857. The van der Waals surface area contributed by atoms with E-state index in [1.807, 2.05) is 0 Å². The molecule has 0 radical (unpaired) electrons. The number of carbonyl (C=O) groups is 2. The fourth-order valence-corrected chi connectivity index (χ4v) is 2.35. The number of carboxylic acid groups (broad SMARTS) is 1. The third kappa shape index (κ3) is 2.31. The normalized spacial score (nSPS) is 21.3. The first-order valence-corrected chi connectivity index (χ1v) is 6.46. The zero-order valence-corrected chi connectivity index (χ0v) is 11.1. The molecule has 1 aromatic heterocycles. The Morgan fingerprint density at radius 3 is 2.81 bits per heavy atom. The highest BCUT2D eigenvalue weighted by Gasteiger charge is 2.44. The smallest absolute Gasteiger partial charge is 0.331 e. The Morgan fingerprint density at radius 2 is 2.10 bits per heavy atom. The summed E-state index contributed by atoms with van der Waals surface area (Å²) in [6, 6.07) is 5.02. The molecule has 108 valence electrons. The van der Waals surface area contributed by atoms with Crippen LogP contribution in [0.5, 0.6) is 0 Å². The lowest BCUT2D eigenvalue weighted by atomic mass is 9.98. The summed E-state index contributed by atoms with van der Waals surface area (Å²) in [7, 11) is 0. The van der Waals surface area contributed by atoms with Crippen molar-refractivity contribution in [2.75, 3.05) is 13.2 Å². The standard InChI is InChI=1S/C14H13N3O4/c18-12(17-14(13(19)20)4-7-21-8-14)9-2-1-3-10-11(9)16-6-5-15-10/h1-3,5-6H,4,7-8H2,(H,17,18)(H,19,20). The van der Waals surface area contributed by atoms with Crippen LogP contribution < -0.4 is 5.32 Å². The van der Waals surface area contributed by atoms with E-state index >= 15 is 0 Å². The molecule has 2 heterocycles. The number of aromatic nitrogens is 2. The van der Waals surface area contributed by atoms with Crippen LogP contribution in [-0.2, 0) is 9.53 Å². The van der Waals surface area contributed by atoms with Crippen LogP contribution in [0.2, 0.25) is 0 Å². The van der Waals surface area contributed by atoms with Crippen molar-refractivity contribution in [2.24, 2.45) is 0 Å². The van der Waals surface area contributed by atoms with Crippen molar-refractivity contribution in [3.8, 4) is 0 Å². The molecule has 1 aliphatic heterocycles. The predicted molar refractivity (Wildman–Crippen MR) is 72.8 cm³/mol. The number of rotatable bonds is 3. The molecule has 1 amide bonds. The molecule has 0 spiro atoms. The van der Waals surface area contributed by atoms with Gasteiger partial charge in [0, 0.05) is 25.4 Å². The van der Waals surface area contributed by atoms with Gasteiger partial charge < -0.3 is 15.2 Å². The molecule has 1 saturated heterocycles. The van der Waals surface area contributed by atoms with E-state index in [2.05, 4.69) is 15.3 Å². The predicted octanol–water partition coefficient (Wildman–Crippen LogP) is 0.603. The minimum Gasteiger partial charge on any atom is -0.479 e. The summed E-state index contributed by atoms with van der Waals surface area (Å²) < 4.78 is 5.12. The lowest BCUT2D eigenvalue weighted by Crippen LogP contribution is -2.55. The third-order valence-electron chi connectivity index (χ3n) is 3.53. The van der Waals surface area contributed by atoms with Crippen molar-refractivity contribution in [3.63, 3.8) is 0 Å². The SMILES string of the molecule is O=C(NC1(C(=O)O)CCOC1)c1cccc2nccnc12. The van der Waals surface area contributed by atoms with E-state index in [1.165, 1.54) is 12.4 Å². The van der Waals surface area contributed by atoms with Gasteiger partial charge in [-0.3, -0.25) is 14.8 Å². The van der Waals surface area contributed by atoms with Gasteiger partial charge in [-0.15, -0.1) is 0 Å². The van der Waals surface area contributed by atoms with Gasteiger partial charge in [0.15, 0.2) is 5.54 Å². The van der Waals surface area contributed by atoms with E-state index in [0.717, 1.165) is 0 Å². The summed E-state index contributed by atoms with van der Waals surface area (Å²) in [5, 5.41) is 11.9. The summed E-state index contributed by atoms with van der Waals surface area (Å²) in [6.07, 6.45) is 3.27. The Labute approximate surface area is 120 Å². The van der Waals surface area contributed by atoms with Crippen LogP contribution in [0.3, 0.4) is 0 Å². The maximum atomic E-state index is 12.4. The molecule has 0 saturated carbocycles. The molecule has 1 aliphatic rings. The first-order valence-electron chi connectivity index (χ1n) is 6.46. The fraction of sp³-hybridized carbons (Fsp3) is 0.286. The fourth-order valence-electron chi connectivity index (χ4n) is 2.35. The molecule has 1 atom stereocenters. The van der Waals surface area contributed by atoms with Crippen LogP contribution in [0.1, 0.15) is 16.8 Å². The van der Waals surface area contributed by atoms with Crippen LogP contribution in [0, 0.1) is 0 Å². The highest BCUT2D eigenvalue weighted by Crippen LogP contribution is 2.21. The van der Waals surface area contributed by atoms with Gasteiger partial charge in [0.2, 0.25) is 0 Å². The van der Waals surface area contributed by atoms with Crippen LogP contribution in [0.15, 0.2) is 30.6 Å². The summed E-state index contributed by atoms with van der Waals surface area (Å²) in [6.45, 7) is 0.270. The lowest BCUT2D eigenvalue weighted by molar-refractivity contribution is -0.144. The Hall–Kier alpha value is -2.54. The second-order valence-electron chi connectivity index (χ2n) is 4.87. The average Bonchev–Trinajstić information content (AvgIpc) is 2.96. The topological polar surface area (TPSA) is 101 Å². The van der Waals surface area contributed by atoms with Crippen molar-refractivity contribution in [1.82, 2.24) is 15.3 Å². The van der Waals surface area contributed by atoms with Crippen LogP contribution in [0.4, 0.5) is 0 Å². The van der Waals surface area contributed by atoms with Crippen molar-refractivity contribution in [3.05, 3.63) is 36.2 Å². The number of ether oxygens (including phenoxy) is 1. The van der Waals surface area contributed by atoms with Crippen molar-refractivity contribution in [1.29, 1.82) is 0 Å². The molecule has 3 rings (SSSR count). The number of aliphatic carboxylic acids is 1. The molecule has 1 fully saturated rings. The summed E-state index contributed by atoms with van der Waals surface area (Å²) >= 11 is 0. The van der Waals surface area contributed by atoms with E-state index in [9.17, 15) is 14.7 Å². The molecular weight excluding hydrogens is 274 g/mol. The molecule has 1 aromatic carbocycles. The van der Waals surface area contributed by atoms with E-state index in [0.29, 0.717) is 23.2 Å². The Morgan fingerprint density at radius 1 is 1.29 bits per heavy atom. The van der Waals surface area contributed by atoms with Gasteiger partial charge in [-0.1, -0.05) is 6.07 Å². The minimum absolute atomic E-state index is 0.0372. The number of hydrogen-bond donors (Lipinski definition) is 2. The number of benzene rings is 1. The molecule has 0 bridgehead atoms. The van der Waals surface area contributed by atoms with Gasteiger partial charge in [0.25, 0.3) is 5.91 Å². The summed E-state index contributed by atoms with van der Waals surface area (Å²) in [5.41, 5.74) is -0.0520. The van der Waals surface area contributed by atoms with Crippen LogP contribution >= 0.6 is 0 Å². The minimum atomic E-state index is -1.37. The van der Waals surface area contributed by atoms with Crippen LogP contribution in [-0.4, -0.2) is 45.7 Å². The maximum absolute atomic E-state index is 12.4. The van der Waals surface area contributed by atoms with E-state index in [4.69, 9.17) is 4.74 Å². The number of carboxylic acids is 1. The van der Waals surface area contributed by atoms with Gasteiger partial charge in [-0.25, -0.2) is 4.79 Å². The highest BCUT2D eigenvalue weighted by atomic mass is 16.5. The number of carbonyl (C=O) groups excluding carboxylic acids is 1. The molecule has 0 aliphatic carbocycles. The van der Waals surface area contributed by atoms with E-state index in [-0.39, 0.29) is 13.0 Å². The Bertz CT molecular complexity index is 705. The van der Waals surface area contributed by atoms with E-state index in [1.54, 1.807) is 18.2 Å². The molecule has 2 N–H and O–H groups in total. The summed E-state index contributed by atoms with van der Waals surface area (Å²) in [4.78, 5) is 32.1. The third-order valence-corrected chi connectivity index (χ3v) is 3.53. The first kappa shape index (κ1) is 13.4. The zero-order valence-electron chi connectivity index (χ0n) is 11.1. The molecule has 1 unspecified atom stereocenters. The molecular formula is C14H13N3O4. The number of para-hydroxylation sites is 1. The Kier molecular flexibility index (Phi) is 3.26. The van der Waals surface area contributed by atoms with Gasteiger partial charge >= 0.3 is 5.97 Å². The van der Waals surface area contributed by atoms with Crippen molar-refractivity contribution >= 4 is 22.9 Å². The second kappa shape index (κ2) is 5.10. The molecule has 7 heteroatoms. The Balaban J connectivity index is 1.96. The van der Waals surface area contributed by atoms with Gasteiger partial charge in [-0.05, 0) is 12.1 Å². The number of fused-ring (bicyclic) bond motifs is 1. The highest BCUT2D eigenvalue weighted by molar-refractivity contribution is 6.06. The number of nitrogens with zero attached hydrogens (tertiary/aromatic N) is 2. The number of hydrogen-bond acceptors (Lipinski definition) is 5. The molecule has 21 heavy (non-hydrogen) atoms. The summed E-state index contributed by atoms with van der Waals surface area (Å²) in [5.74, 6) is -1.59. The number of amides is 1. The van der Waals surface area contributed by atoms with Crippen LogP contribution in [0.25, 0.3) is 11.0 Å².